The molecule has 2 N–H and O–H groups in total. The minimum Gasteiger partial charge on any atom is -0.632 e. The molecule has 1 amide bonds. The summed E-state index contributed by atoms with van der Waals surface area (Å²) >= 11 is 1.64. The van der Waals surface area contributed by atoms with E-state index in [-0.39, 0.29) is 23.3 Å². The van der Waals surface area contributed by atoms with Gasteiger partial charge in [-0.15, -0.1) is 11.3 Å². The fraction of sp³-hybridized carbons (Fsp3) is 0.639. The summed E-state index contributed by atoms with van der Waals surface area (Å²) in [5, 5.41) is 25.7. The van der Waals surface area contributed by atoms with Crippen LogP contribution < -0.4 is 15.5 Å². The van der Waals surface area contributed by atoms with Crippen molar-refractivity contribution in [2.24, 2.45) is 5.92 Å². The Morgan fingerprint density at radius 2 is 1.87 bits per heavy atom. The molecule has 11 heteroatoms. The SMILES string of the molecule is Cc1ncsc1-c1ccc(C2(NC(=O)[C@@H]3CCC[N+]3([O-])C[C@@H](c3cc(N4CCC(OC5CCNCC5)CC4)no3)C(C)C)CC2)cc1. The number of hydrogen-bond acceptors (Lipinski definition) is 9. The number of nitrogens with one attached hydrogen (secondary N) is 2. The number of hydrogen-bond donors (Lipinski definition) is 2. The Bertz CT molecular complexity index is 1510. The molecule has 2 aromatic heterocycles. The Kier molecular flexibility index (Phi) is 9.45. The first-order valence-electron chi connectivity index (χ1n) is 17.7. The van der Waals surface area contributed by atoms with E-state index < -0.39 is 10.7 Å². The van der Waals surface area contributed by atoms with Gasteiger partial charge >= 0.3 is 0 Å². The van der Waals surface area contributed by atoms with Crippen molar-refractivity contribution in [3.05, 3.63) is 58.1 Å². The van der Waals surface area contributed by atoms with Gasteiger partial charge in [-0.2, -0.15) is 0 Å². The first kappa shape index (κ1) is 32.7. The number of nitrogens with zero attached hydrogens (tertiary/aromatic N) is 4. The van der Waals surface area contributed by atoms with Crippen molar-refractivity contribution in [3.63, 3.8) is 0 Å². The van der Waals surface area contributed by atoms with Crippen molar-refractivity contribution in [3.8, 4) is 10.4 Å². The van der Waals surface area contributed by atoms with Crippen molar-refractivity contribution in [2.45, 2.75) is 102 Å². The van der Waals surface area contributed by atoms with Crippen molar-refractivity contribution in [1.29, 1.82) is 0 Å². The quantitative estimate of drug-likeness (QED) is 0.194. The lowest BCUT2D eigenvalue weighted by Gasteiger charge is -2.46. The average molecular weight is 663 g/mol. The van der Waals surface area contributed by atoms with Crippen LogP contribution in [0, 0.1) is 18.0 Å². The molecule has 1 aliphatic carbocycles. The van der Waals surface area contributed by atoms with Crippen LogP contribution in [-0.4, -0.2) is 78.2 Å². The monoisotopic (exact) mass is 662 g/mol. The zero-order valence-electron chi connectivity index (χ0n) is 28.1. The molecule has 3 saturated heterocycles. The number of likely N-dealkylation sites (tertiary alicyclic amines) is 1. The Morgan fingerprint density at radius 1 is 1.15 bits per heavy atom. The van der Waals surface area contributed by atoms with E-state index in [1.54, 1.807) is 11.3 Å². The van der Waals surface area contributed by atoms with E-state index in [1.165, 1.54) is 4.88 Å². The fourth-order valence-corrected chi connectivity index (χ4v) is 8.76. The third-order valence-corrected chi connectivity index (χ3v) is 12.0. The second kappa shape index (κ2) is 13.6. The highest BCUT2D eigenvalue weighted by Crippen LogP contribution is 2.47. The number of aromatic nitrogens is 2. The average Bonchev–Trinajstić information content (AvgIpc) is 3.36. The highest BCUT2D eigenvalue weighted by molar-refractivity contribution is 7.13. The number of carbonyl (C=O) groups is 1. The predicted octanol–water partition coefficient (Wildman–Crippen LogP) is 5.87. The summed E-state index contributed by atoms with van der Waals surface area (Å²) in [7, 11) is 0. The lowest BCUT2D eigenvalue weighted by molar-refractivity contribution is -0.885. The van der Waals surface area contributed by atoms with Crippen LogP contribution in [0.4, 0.5) is 5.82 Å². The third-order valence-electron chi connectivity index (χ3n) is 11.1. The first-order valence-corrected chi connectivity index (χ1v) is 18.6. The highest BCUT2D eigenvalue weighted by Gasteiger charge is 2.50. The van der Waals surface area contributed by atoms with E-state index in [0.29, 0.717) is 31.7 Å². The largest absolute Gasteiger partial charge is 0.632 e. The summed E-state index contributed by atoms with van der Waals surface area (Å²) in [6.45, 7) is 10.9. The van der Waals surface area contributed by atoms with E-state index in [1.807, 2.05) is 18.5 Å². The molecular formula is C36H50N6O4S. The van der Waals surface area contributed by atoms with Crippen LogP contribution in [0.3, 0.4) is 0 Å². The Morgan fingerprint density at radius 3 is 2.53 bits per heavy atom. The molecule has 1 unspecified atom stereocenters. The van der Waals surface area contributed by atoms with Crippen LogP contribution in [0.2, 0.25) is 0 Å². The maximum absolute atomic E-state index is 14.5. The second-order valence-corrected chi connectivity index (χ2v) is 15.5. The van der Waals surface area contributed by atoms with Gasteiger partial charge in [-0.3, -0.25) is 4.79 Å². The van der Waals surface area contributed by atoms with Crippen LogP contribution in [0.1, 0.15) is 88.1 Å². The van der Waals surface area contributed by atoms with Crippen molar-refractivity contribution in [2.75, 3.05) is 44.2 Å². The normalized spacial score (nSPS) is 25.7. The molecule has 10 nitrogen and oxygen atoms in total. The van der Waals surface area contributed by atoms with Gasteiger partial charge in [0.1, 0.15) is 5.76 Å². The molecule has 7 rings (SSSR count). The molecular weight excluding hydrogens is 613 g/mol. The number of carbonyl (C=O) groups excluding carboxylic acids is 1. The molecule has 3 atom stereocenters. The number of piperidine rings is 2. The van der Waals surface area contributed by atoms with E-state index in [2.05, 4.69) is 63.8 Å². The number of benzene rings is 1. The molecule has 254 valence electrons. The zero-order valence-corrected chi connectivity index (χ0v) is 28.9. The van der Waals surface area contributed by atoms with Gasteiger partial charge in [-0.25, -0.2) is 4.98 Å². The molecule has 0 radical (unpaired) electrons. The summed E-state index contributed by atoms with van der Waals surface area (Å²) in [5.41, 5.74) is 4.77. The van der Waals surface area contributed by atoms with Gasteiger partial charge < -0.3 is 34.6 Å². The Hall–Kier alpha value is -2.83. The number of thiazole rings is 1. The predicted molar refractivity (Wildman–Crippen MR) is 184 cm³/mol. The molecule has 3 aliphatic heterocycles. The number of amides is 1. The minimum atomic E-state index is -0.616. The minimum absolute atomic E-state index is 0.118. The number of rotatable bonds is 11. The lowest BCUT2D eigenvalue weighted by Crippen LogP contribution is -2.57. The summed E-state index contributed by atoms with van der Waals surface area (Å²) in [4.78, 5) is 21.7. The highest BCUT2D eigenvalue weighted by atomic mass is 32.1. The van der Waals surface area contributed by atoms with Crippen LogP contribution in [0.15, 0.2) is 40.4 Å². The Balaban J connectivity index is 0.979. The van der Waals surface area contributed by atoms with Gasteiger partial charge in [0.25, 0.3) is 5.91 Å². The van der Waals surface area contributed by atoms with Gasteiger partial charge in [0.2, 0.25) is 0 Å². The molecule has 47 heavy (non-hydrogen) atoms. The first-order chi connectivity index (χ1) is 22.7. The third kappa shape index (κ3) is 7.01. The van der Waals surface area contributed by atoms with E-state index in [9.17, 15) is 10.0 Å². The van der Waals surface area contributed by atoms with Gasteiger partial charge in [-0.05, 0) is 75.6 Å². The number of hydroxylamine groups is 3. The summed E-state index contributed by atoms with van der Waals surface area (Å²) < 4.78 is 11.8. The molecule has 5 heterocycles. The van der Waals surface area contributed by atoms with E-state index in [4.69, 9.17) is 9.26 Å². The van der Waals surface area contributed by atoms with Crippen LogP contribution in [0.25, 0.3) is 10.4 Å². The van der Waals surface area contributed by atoms with Crippen molar-refractivity contribution >= 4 is 23.1 Å². The number of quaternary nitrogens is 1. The topological polar surface area (TPSA) is 116 Å². The summed E-state index contributed by atoms with van der Waals surface area (Å²) in [6.07, 6.45) is 7.95. The van der Waals surface area contributed by atoms with Gasteiger partial charge in [0, 0.05) is 32.0 Å². The van der Waals surface area contributed by atoms with Crippen molar-refractivity contribution < 1.29 is 18.7 Å². The second-order valence-electron chi connectivity index (χ2n) is 14.6. The van der Waals surface area contributed by atoms with E-state index in [0.717, 1.165) is 99.5 Å². The Labute approximate surface area is 282 Å². The number of ether oxygens (including phenoxy) is 1. The molecule has 1 aromatic carbocycles. The van der Waals surface area contributed by atoms with Crippen LogP contribution in [-0.2, 0) is 15.1 Å². The zero-order chi connectivity index (χ0) is 32.6. The fourth-order valence-electron chi connectivity index (χ4n) is 7.95. The standard InChI is InChI=1S/C36H50N6O4S/c1-24(2)30(32-21-33(40-46-32)41-18-12-29(13-19-41)45-28-10-16-37-17-11-28)22-42(44)20-4-5-31(42)35(43)39-36(14-15-36)27-8-6-26(7-9-27)34-25(3)38-23-47-34/h6-9,21,23-24,28-31,37H,4-5,10-20,22H2,1-3H3,(H,39,43)/t30-,31+,42?/m1/s1. The van der Waals surface area contributed by atoms with Gasteiger partial charge in [-0.1, -0.05) is 43.3 Å². The van der Waals surface area contributed by atoms with Crippen molar-refractivity contribution in [1.82, 2.24) is 20.8 Å². The molecule has 1 saturated carbocycles. The van der Waals surface area contributed by atoms with E-state index >= 15 is 0 Å². The molecule has 0 bridgehead atoms. The molecule has 4 fully saturated rings. The van der Waals surface area contributed by atoms with Crippen LogP contribution in [0.5, 0.6) is 0 Å². The number of anilines is 1. The van der Waals surface area contributed by atoms with Gasteiger partial charge in [0.15, 0.2) is 11.9 Å². The van der Waals surface area contributed by atoms with Crippen LogP contribution >= 0.6 is 11.3 Å². The smallest absolute Gasteiger partial charge is 0.279 e. The van der Waals surface area contributed by atoms with Gasteiger partial charge in [0.05, 0.1) is 52.8 Å². The lowest BCUT2D eigenvalue weighted by atomic mass is 9.92. The summed E-state index contributed by atoms with van der Waals surface area (Å²) in [6, 6.07) is 9.90. The molecule has 3 aromatic rings. The summed E-state index contributed by atoms with van der Waals surface area (Å²) in [5.74, 6) is 1.51. The maximum atomic E-state index is 14.5. The number of aryl methyl sites for hydroxylation is 1. The maximum Gasteiger partial charge on any atom is 0.279 e. The molecule has 0 spiro atoms. The molecule has 4 aliphatic rings.